The highest BCUT2D eigenvalue weighted by Gasteiger charge is 2.20. The molecule has 2 aromatic rings. The number of ether oxygens (including phenoxy) is 2. The van der Waals surface area contributed by atoms with E-state index < -0.39 is 0 Å². The van der Waals surface area contributed by atoms with Crippen LogP contribution in [0.3, 0.4) is 0 Å². The van der Waals surface area contributed by atoms with Gasteiger partial charge in [-0.3, -0.25) is 10.00 Å². The van der Waals surface area contributed by atoms with E-state index in [1.165, 1.54) is 12.0 Å². The highest BCUT2D eigenvalue weighted by atomic mass is 16.5. The predicted octanol–water partition coefficient (Wildman–Crippen LogP) is 4.35. The Kier molecular flexibility index (Phi) is 5.69. The highest BCUT2D eigenvalue weighted by Crippen LogP contribution is 2.34. The highest BCUT2D eigenvalue weighted by molar-refractivity contribution is 6.01. The minimum atomic E-state index is -0.331. The number of nitrogens with one attached hydrogen (secondary N) is 2. The van der Waals surface area contributed by atoms with Crippen molar-refractivity contribution in [3.05, 3.63) is 35.5 Å². The van der Waals surface area contributed by atoms with Crippen LogP contribution >= 0.6 is 0 Å². The first-order valence-corrected chi connectivity index (χ1v) is 9.06. The molecule has 1 aliphatic rings. The molecular weight excluding hydrogens is 344 g/mol. The van der Waals surface area contributed by atoms with Crippen LogP contribution in [0, 0.1) is 6.92 Å². The number of rotatable bonds is 5. The molecule has 1 aliphatic carbocycles. The number of amides is 2. The summed E-state index contributed by atoms with van der Waals surface area (Å²) in [6.07, 6.45) is 6.72. The second kappa shape index (κ2) is 8.16. The van der Waals surface area contributed by atoms with Crippen LogP contribution in [-0.4, -0.2) is 30.0 Å². The summed E-state index contributed by atoms with van der Waals surface area (Å²) in [4.78, 5) is 12.6. The van der Waals surface area contributed by atoms with Crippen LogP contribution in [0.25, 0.3) is 5.57 Å². The first kappa shape index (κ1) is 18.8. The molecule has 27 heavy (non-hydrogen) atoms. The van der Waals surface area contributed by atoms with E-state index >= 15 is 0 Å². The molecule has 1 heterocycles. The second-order valence-electron chi connectivity index (χ2n) is 6.56. The maximum atomic E-state index is 12.6. The minimum absolute atomic E-state index is 0.331. The van der Waals surface area contributed by atoms with Crippen molar-refractivity contribution in [2.75, 3.05) is 24.9 Å². The zero-order valence-corrected chi connectivity index (χ0v) is 16.3. The molecule has 0 aliphatic heterocycles. The molecular formula is C20H26N4O3. The summed E-state index contributed by atoms with van der Waals surface area (Å²) in [6.45, 7) is 1.97. The van der Waals surface area contributed by atoms with Crippen molar-refractivity contribution in [1.82, 2.24) is 9.78 Å². The van der Waals surface area contributed by atoms with Gasteiger partial charge in [-0.2, -0.15) is 5.10 Å². The molecule has 0 radical (unpaired) electrons. The number of aromatic nitrogens is 2. The zero-order chi connectivity index (χ0) is 19.4. The lowest BCUT2D eigenvalue weighted by Gasteiger charge is -2.16. The SMILES string of the molecule is COc1ccc(NC(=O)Nc2c(C3=CCCCC3)c(C)nn2C)cc1OC. The standard InChI is InChI=1S/C20H26N4O3/c1-13-18(14-8-6-5-7-9-14)19(24(2)23-13)22-20(25)21-15-10-11-16(26-3)17(12-15)27-4/h8,10-12H,5-7,9H2,1-4H3,(H2,21,22,25). The van der Waals surface area contributed by atoms with Crippen LogP contribution in [0.5, 0.6) is 11.5 Å². The van der Waals surface area contributed by atoms with Crippen molar-refractivity contribution >= 4 is 23.1 Å². The number of nitrogens with zero attached hydrogens (tertiary/aromatic N) is 2. The molecule has 0 saturated heterocycles. The van der Waals surface area contributed by atoms with E-state index in [0.717, 1.165) is 30.5 Å². The summed E-state index contributed by atoms with van der Waals surface area (Å²) < 4.78 is 12.2. The van der Waals surface area contributed by atoms with Crippen LogP contribution in [0.2, 0.25) is 0 Å². The van der Waals surface area contributed by atoms with Crippen LogP contribution in [0.1, 0.15) is 36.9 Å². The van der Waals surface area contributed by atoms with E-state index in [2.05, 4.69) is 21.8 Å². The second-order valence-corrected chi connectivity index (χ2v) is 6.56. The van der Waals surface area contributed by atoms with Crippen molar-refractivity contribution in [3.8, 4) is 11.5 Å². The molecule has 144 valence electrons. The molecule has 0 spiro atoms. The smallest absolute Gasteiger partial charge is 0.324 e. The van der Waals surface area contributed by atoms with Gasteiger partial charge in [0.15, 0.2) is 11.5 Å². The van der Waals surface area contributed by atoms with Crippen molar-refractivity contribution in [1.29, 1.82) is 0 Å². The molecule has 7 nitrogen and oxygen atoms in total. The predicted molar refractivity (Wildman–Crippen MR) is 107 cm³/mol. The Hall–Kier alpha value is -2.96. The fourth-order valence-electron chi connectivity index (χ4n) is 3.44. The zero-order valence-electron chi connectivity index (χ0n) is 16.3. The van der Waals surface area contributed by atoms with Crippen molar-refractivity contribution in [2.24, 2.45) is 7.05 Å². The number of urea groups is 1. The van der Waals surface area contributed by atoms with Gasteiger partial charge in [0.25, 0.3) is 0 Å². The Bertz CT molecular complexity index is 870. The fourth-order valence-corrected chi connectivity index (χ4v) is 3.44. The number of methoxy groups -OCH3 is 2. The number of hydrogen-bond donors (Lipinski definition) is 2. The van der Waals surface area contributed by atoms with Crippen molar-refractivity contribution < 1.29 is 14.3 Å². The van der Waals surface area contributed by atoms with Crippen LogP contribution in [0.4, 0.5) is 16.3 Å². The Balaban J connectivity index is 1.80. The van der Waals surface area contributed by atoms with Gasteiger partial charge < -0.3 is 14.8 Å². The topological polar surface area (TPSA) is 77.4 Å². The van der Waals surface area contributed by atoms with Gasteiger partial charge in [-0.15, -0.1) is 0 Å². The average molecular weight is 370 g/mol. The number of carbonyl (C=O) groups is 1. The lowest BCUT2D eigenvalue weighted by molar-refractivity contribution is 0.262. The van der Waals surface area contributed by atoms with E-state index in [1.807, 2.05) is 14.0 Å². The van der Waals surface area contributed by atoms with Gasteiger partial charge in [0.2, 0.25) is 0 Å². The Morgan fingerprint density at radius 3 is 2.59 bits per heavy atom. The van der Waals surface area contributed by atoms with Gasteiger partial charge >= 0.3 is 6.03 Å². The van der Waals surface area contributed by atoms with Crippen LogP contribution in [0.15, 0.2) is 24.3 Å². The molecule has 1 aromatic carbocycles. The number of hydrogen-bond acceptors (Lipinski definition) is 4. The van der Waals surface area contributed by atoms with E-state index in [4.69, 9.17) is 9.47 Å². The quantitative estimate of drug-likeness (QED) is 0.820. The van der Waals surface area contributed by atoms with Gasteiger partial charge in [-0.05, 0) is 50.3 Å². The summed E-state index contributed by atoms with van der Waals surface area (Å²) in [6, 6.07) is 4.90. The Morgan fingerprint density at radius 1 is 1.15 bits per heavy atom. The maximum absolute atomic E-state index is 12.6. The molecule has 7 heteroatoms. The molecule has 0 atom stereocenters. The van der Waals surface area contributed by atoms with E-state index in [-0.39, 0.29) is 6.03 Å². The summed E-state index contributed by atoms with van der Waals surface area (Å²) in [5, 5.41) is 10.3. The molecule has 1 aromatic heterocycles. The molecule has 0 bridgehead atoms. The normalized spacial score (nSPS) is 13.7. The average Bonchev–Trinajstić information content (AvgIpc) is 2.95. The summed E-state index contributed by atoms with van der Waals surface area (Å²) in [5.41, 5.74) is 3.82. The number of benzene rings is 1. The lowest BCUT2D eigenvalue weighted by Crippen LogP contribution is -2.22. The van der Waals surface area contributed by atoms with Gasteiger partial charge in [0, 0.05) is 24.4 Å². The third-order valence-corrected chi connectivity index (χ3v) is 4.71. The third-order valence-electron chi connectivity index (χ3n) is 4.71. The first-order chi connectivity index (χ1) is 13.0. The lowest BCUT2D eigenvalue weighted by atomic mass is 9.93. The fraction of sp³-hybridized carbons (Fsp3) is 0.400. The number of allylic oxidation sites excluding steroid dienone is 2. The Morgan fingerprint density at radius 2 is 1.93 bits per heavy atom. The molecule has 2 amide bonds. The number of anilines is 2. The molecule has 0 fully saturated rings. The third kappa shape index (κ3) is 4.07. The van der Waals surface area contributed by atoms with Gasteiger partial charge in [0.1, 0.15) is 5.82 Å². The first-order valence-electron chi connectivity index (χ1n) is 9.06. The maximum Gasteiger partial charge on any atom is 0.324 e. The van der Waals surface area contributed by atoms with Crippen molar-refractivity contribution in [2.45, 2.75) is 32.6 Å². The number of aryl methyl sites for hydroxylation is 2. The van der Waals surface area contributed by atoms with Gasteiger partial charge in [-0.25, -0.2) is 4.79 Å². The van der Waals surface area contributed by atoms with Crippen LogP contribution < -0.4 is 20.1 Å². The monoisotopic (exact) mass is 370 g/mol. The summed E-state index contributed by atoms with van der Waals surface area (Å²) in [5.74, 6) is 1.87. The van der Waals surface area contributed by atoms with Crippen LogP contribution in [-0.2, 0) is 7.05 Å². The molecule has 0 saturated carbocycles. The Labute approximate surface area is 159 Å². The minimum Gasteiger partial charge on any atom is -0.493 e. The van der Waals surface area contributed by atoms with Crippen molar-refractivity contribution in [3.63, 3.8) is 0 Å². The van der Waals surface area contributed by atoms with Gasteiger partial charge in [-0.1, -0.05) is 6.08 Å². The largest absolute Gasteiger partial charge is 0.493 e. The molecule has 0 unspecified atom stereocenters. The van der Waals surface area contributed by atoms with E-state index in [9.17, 15) is 4.79 Å². The van der Waals surface area contributed by atoms with E-state index in [1.54, 1.807) is 37.1 Å². The number of carbonyl (C=O) groups excluding carboxylic acids is 1. The van der Waals surface area contributed by atoms with E-state index in [0.29, 0.717) is 23.0 Å². The van der Waals surface area contributed by atoms with Gasteiger partial charge in [0.05, 0.1) is 19.9 Å². The summed E-state index contributed by atoms with van der Waals surface area (Å²) in [7, 11) is 4.97. The summed E-state index contributed by atoms with van der Waals surface area (Å²) >= 11 is 0. The molecule has 3 rings (SSSR count). The molecule has 2 N–H and O–H groups in total.